The molecular weight excluding hydrogens is 212 g/mol. The van der Waals surface area contributed by atoms with Crippen LogP contribution < -0.4 is 4.74 Å². The monoisotopic (exact) mass is 224 g/mol. The molecule has 0 spiro atoms. The van der Waals surface area contributed by atoms with E-state index in [-0.39, 0.29) is 0 Å². The lowest BCUT2D eigenvalue weighted by Gasteiger charge is -2.08. The SMILES string of the molecule is COC(=O)C(=O)C(O)c1ccc(OC)cc1. The molecule has 0 aliphatic carbocycles. The summed E-state index contributed by atoms with van der Waals surface area (Å²) in [5, 5.41) is 9.56. The molecule has 5 nitrogen and oxygen atoms in total. The molecule has 0 amide bonds. The number of methoxy groups -OCH3 is 2. The number of carbonyl (C=O) groups is 2. The highest BCUT2D eigenvalue weighted by atomic mass is 16.5. The van der Waals surface area contributed by atoms with Crippen molar-refractivity contribution in [2.75, 3.05) is 14.2 Å². The van der Waals surface area contributed by atoms with Gasteiger partial charge in [-0.05, 0) is 17.7 Å². The maximum absolute atomic E-state index is 11.3. The van der Waals surface area contributed by atoms with Crippen molar-refractivity contribution in [1.82, 2.24) is 0 Å². The zero-order valence-electron chi connectivity index (χ0n) is 8.97. The van der Waals surface area contributed by atoms with Gasteiger partial charge in [0, 0.05) is 0 Å². The largest absolute Gasteiger partial charge is 0.497 e. The topological polar surface area (TPSA) is 72.8 Å². The number of ether oxygens (including phenoxy) is 2. The Morgan fingerprint density at radius 3 is 2.19 bits per heavy atom. The molecule has 1 rings (SSSR count). The predicted molar refractivity (Wildman–Crippen MR) is 55.0 cm³/mol. The molecule has 0 saturated heterocycles. The van der Waals surface area contributed by atoms with Crippen molar-refractivity contribution in [2.45, 2.75) is 6.10 Å². The number of hydrogen-bond acceptors (Lipinski definition) is 5. The normalized spacial score (nSPS) is 11.7. The van der Waals surface area contributed by atoms with Crippen LogP contribution in [-0.4, -0.2) is 31.1 Å². The summed E-state index contributed by atoms with van der Waals surface area (Å²) in [7, 11) is 2.59. The second kappa shape index (κ2) is 5.27. The molecule has 5 heteroatoms. The Labute approximate surface area is 92.6 Å². The number of rotatable bonds is 4. The van der Waals surface area contributed by atoms with E-state index in [0.717, 1.165) is 7.11 Å². The molecule has 0 fully saturated rings. The third-order valence-electron chi connectivity index (χ3n) is 2.07. The van der Waals surface area contributed by atoms with Crippen LogP contribution in [0.2, 0.25) is 0 Å². The summed E-state index contributed by atoms with van der Waals surface area (Å²) in [5.41, 5.74) is 0.316. The van der Waals surface area contributed by atoms with Gasteiger partial charge in [0.2, 0.25) is 0 Å². The highest BCUT2D eigenvalue weighted by Gasteiger charge is 2.25. The number of hydrogen-bond donors (Lipinski definition) is 1. The van der Waals surface area contributed by atoms with E-state index in [1.54, 1.807) is 12.1 Å². The van der Waals surface area contributed by atoms with E-state index >= 15 is 0 Å². The first-order valence-corrected chi connectivity index (χ1v) is 4.54. The Balaban J connectivity index is 2.83. The van der Waals surface area contributed by atoms with Gasteiger partial charge in [-0.25, -0.2) is 4.79 Å². The predicted octanol–water partition coefficient (Wildman–Crippen LogP) is 0.471. The van der Waals surface area contributed by atoms with Gasteiger partial charge in [-0.3, -0.25) is 4.79 Å². The van der Waals surface area contributed by atoms with Crippen LogP contribution in [-0.2, 0) is 14.3 Å². The maximum Gasteiger partial charge on any atom is 0.377 e. The van der Waals surface area contributed by atoms with Gasteiger partial charge in [0.25, 0.3) is 5.78 Å². The van der Waals surface area contributed by atoms with Gasteiger partial charge in [-0.15, -0.1) is 0 Å². The van der Waals surface area contributed by atoms with Crippen LogP contribution >= 0.6 is 0 Å². The van der Waals surface area contributed by atoms with Crippen LogP contribution in [0.3, 0.4) is 0 Å². The maximum atomic E-state index is 11.3. The van der Waals surface area contributed by atoms with Gasteiger partial charge in [-0.2, -0.15) is 0 Å². The van der Waals surface area contributed by atoms with Gasteiger partial charge in [0.1, 0.15) is 11.9 Å². The van der Waals surface area contributed by atoms with Gasteiger partial charge in [0.15, 0.2) is 0 Å². The first kappa shape index (κ1) is 12.2. The van der Waals surface area contributed by atoms with Crippen LogP contribution in [0.15, 0.2) is 24.3 Å². The number of carbonyl (C=O) groups excluding carboxylic acids is 2. The van der Waals surface area contributed by atoms with Crippen molar-refractivity contribution in [3.63, 3.8) is 0 Å². The molecule has 1 aromatic rings. The zero-order valence-corrected chi connectivity index (χ0v) is 8.97. The smallest absolute Gasteiger partial charge is 0.377 e. The fourth-order valence-electron chi connectivity index (χ4n) is 1.15. The van der Waals surface area contributed by atoms with E-state index in [1.807, 2.05) is 0 Å². The van der Waals surface area contributed by atoms with Crippen LogP contribution in [0.5, 0.6) is 5.75 Å². The second-order valence-corrected chi connectivity index (χ2v) is 3.03. The van der Waals surface area contributed by atoms with Crippen LogP contribution in [0, 0.1) is 0 Å². The second-order valence-electron chi connectivity index (χ2n) is 3.03. The Kier molecular flexibility index (Phi) is 4.02. The summed E-state index contributed by atoms with van der Waals surface area (Å²) in [6, 6.07) is 6.18. The zero-order chi connectivity index (χ0) is 12.1. The summed E-state index contributed by atoms with van der Waals surface area (Å²) >= 11 is 0. The molecule has 0 bridgehead atoms. The number of esters is 1. The molecule has 0 aromatic heterocycles. The molecule has 86 valence electrons. The lowest BCUT2D eigenvalue weighted by Crippen LogP contribution is -2.23. The van der Waals surface area contributed by atoms with Gasteiger partial charge in [-0.1, -0.05) is 12.1 Å². The van der Waals surface area contributed by atoms with Crippen molar-refractivity contribution in [1.29, 1.82) is 0 Å². The first-order valence-electron chi connectivity index (χ1n) is 4.54. The van der Waals surface area contributed by atoms with Gasteiger partial charge >= 0.3 is 5.97 Å². The van der Waals surface area contributed by atoms with Crippen molar-refractivity contribution >= 4 is 11.8 Å². The molecule has 1 aromatic carbocycles. The minimum Gasteiger partial charge on any atom is -0.497 e. The Morgan fingerprint density at radius 2 is 1.75 bits per heavy atom. The highest BCUT2D eigenvalue weighted by Crippen LogP contribution is 2.18. The van der Waals surface area contributed by atoms with Crippen molar-refractivity contribution in [2.24, 2.45) is 0 Å². The van der Waals surface area contributed by atoms with E-state index in [4.69, 9.17) is 4.74 Å². The number of ketones is 1. The molecule has 1 N–H and O–H groups in total. The van der Waals surface area contributed by atoms with Crippen molar-refractivity contribution < 1.29 is 24.2 Å². The van der Waals surface area contributed by atoms with E-state index < -0.39 is 17.9 Å². The minimum atomic E-state index is -1.50. The van der Waals surface area contributed by atoms with Crippen LogP contribution in [0.1, 0.15) is 11.7 Å². The standard InChI is InChI=1S/C11H12O5/c1-15-8-5-3-7(4-6-8)9(12)10(13)11(14)16-2/h3-6,9,12H,1-2H3. The summed E-state index contributed by atoms with van der Waals surface area (Å²) in [6.45, 7) is 0. The highest BCUT2D eigenvalue weighted by molar-refractivity contribution is 6.35. The summed E-state index contributed by atoms with van der Waals surface area (Å²) in [5.74, 6) is -1.46. The minimum absolute atomic E-state index is 0.316. The van der Waals surface area contributed by atoms with Crippen LogP contribution in [0.25, 0.3) is 0 Å². The molecule has 0 heterocycles. The molecule has 0 radical (unpaired) electrons. The van der Waals surface area contributed by atoms with Gasteiger partial charge in [0.05, 0.1) is 14.2 Å². The van der Waals surface area contributed by atoms with Crippen molar-refractivity contribution in [3.05, 3.63) is 29.8 Å². The van der Waals surface area contributed by atoms with Crippen molar-refractivity contribution in [3.8, 4) is 5.75 Å². The van der Waals surface area contributed by atoms with E-state index in [9.17, 15) is 14.7 Å². The number of aliphatic hydroxyl groups excluding tert-OH is 1. The number of Topliss-reactive ketones (excluding diaryl/α,β-unsaturated/α-hetero) is 1. The molecular formula is C11H12O5. The molecule has 16 heavy (non-hydrogen) atoms. The summed E-state index contributed by atoms with van der Waals surface area (Å²) in [4.78, 5) is 22.2. The Hall–Kier alpha value is -1.88. The molecule has 1 atom stereocenters. The number of benzene rings is 1. The summed E-state index contributed by atoms with van der Waals surface area (Å²) in [6.07, 6.45) is -1.50. The summed E-state index contributed by atoms with van der Waals surface area (Å²) < 4.78 is 9.15. The van der Waals surface area contributed by atoms with E-state index in [0.29, 0.717) is 11.3 Å². The third kappa shape index (κ3) is 2.58. The number of aliphatic hydroxyl groups is 1. The van der Waals surface area contributed by atoms with E-state index in [1.165, 1.54) is 19.2 Å². The van der Waals surface area contributed by atoms with Crippen LogP contribution in [0.4, 0.5) is 0 Å². The first-order chi connectivity index (χ1) is 7.60. The fraction of sp³-hybridized carbons (Fsp3) is 0.273. The molecule has 1 unspecified atom stereocenters. The average Bonchev–Trinajstić information content (AvgIpc) is 2.36. The third-order valence-corrected chi connectivity index (χ3v) is 2.07. The van der Waals surface area contributed by atoms with E-state index in [2.05, 4.69) is 4.74 Å². The average molecular weight is 224 g/mol. The quantitative estimate of drug-likeness (QED) is 0.594. The Bertz CT molecular complexity index is 382. The fourth-order valence-corrected chi connectivity index (χ4v) is 1.15. The lowest BCUT2D eigenvalue weighted by atomic mass is 10.1. The molecule has 0 aliphatic rings. The van der Waals surface area contributed by atoms with Gasteiger partial charge < -0.3 is 14.6 Å². The molecule has 0 aliphatic heterocycles. The molecule has 0 saturated carbocycles. The Morgan fingerprint density at radius 1 is 1.19 bits per heavy atom. The lowest BCUT2D eigenvalue weighted by molar-refractivity contribution is -0.155.